The molecule has 0 amide bonds. The van der Waals surface area contributed by atoms with Gasteiger partial charge in [0.15, 0.2) is 6.10 Å². The van der Waals surface area contributed by atoms with Gasteiger partial charge in [0, 0.05) is 11.6 Å². The van der Waals surface area contributed by atoms with Gasteiger partial charge in [-0.05, 0) is 13.0 Å². The summed E-state index contributed by atoms with van der Waals surface area (Å²) in [6.45, 7) is 1.61. The molecule has 1 atom stereocenters. The molecule has 94 valence electrons. The van der Waals surface area contributed by atoms with Gasteiger partial charge in [-0.3, -0.25) is 0 Å². The molecule has 0 aliphatic rings. The molecular formula is C12H15ClO4. The molecule has 0 saturated heterocycles. The minimum absolute atomic E-state index is 0.299. The fourth-order valence-electron chi connectivity index (χ4n) is 1.29. The fourth-order valence-corrected chi connectivity index (χ4v) is 1.51. The zero-order valence-corrected chi connectivity index (χ0v) is 10.8. The first-order valence-corrected chi connectivity index (χ1v) is 5.63. The monoisotopic (exact) mass is 258 g/mol. The van der Waals surface area contributed by atoms with Gasteiger partial charge in [-0.1, -0.05) is 6.07 Å². The third-order valence-corrected chi connectivity index (χ3v) is 2.54. The number of esters is 1. The Bertz CT molecular complexity index is 392. The van der Waals surface area contributed by atoms with Crippen LogP contribution in [0.15, 0.2) is 18.2 Å². The largest absolute Gasteiger partial charge is 0.497 e. The predicted octanol–water partition coefficient (Wildman–Crippen LogP) is 2.37. The summed E-state index contributed by atoms with van der Waals surface area (Å²) in [5, 5.41) is 0. The Hall–Kier alpha value is -1.42. The van der Waals surface area contributed by atoms with Crippen LogP contribution in [0, 0.1) is 0 Å². The molecule has 0 aliphatic heterocycles. The van der Waals surface area contributed by atoms with E-state index in [0.29, 0.717) is 17.4 Å². The van der Waals surface area contributed by atoms with Crippen molar-refractivity contribution in [3.05, 3.63) is 23.8 Å². The molecule has 0 N–H and O–H groups in total. The Kier molecular flexibility index (Phi) is 5.10. The number of carbonyl (C=O) groups is 1. The van der Waals surface area contributed by atoms with Gasteiger partial charge in [0.05, 0.1) is 20.1 Å². The number of benzene rings is 1. The van der Waals surface area contributed by atoms with E-state index in [0.717, 1.165) is 5.56 Å². The molecule has 0 spiro atoms. The maximum atomic E-state index is 11.3. The van der Waals surface area contributed by atoms with Gasteiger partial charge in [-0.25, -0.2) is 4.79 Å². The van der Waals surface area contributed by atoms with E-state index in [2.05, 4.69) is 4.74 Å². The third kappa shape index (κ3) is 3.53. The molecule has 17 heavy (non-hydrogen) atoms. The Morgan fingerprint density at radius 1 is 1.41 bits per heavy atom. The van der Waals surface area contributed by atoms with E-state index in [1.165, 1.54) is 7.11 Å². The molecule has 1 aromatic rings. The van der Waals surface area contributed by atoms with E-state index in [4.69, 9.17) is 21.1 Å². The summed E-state index contributed by atoms with van der Waals surface area (Å²) in [6.07, 6.45) is -0.686. The van der Waals surface area contributed by atoms with Crippen molar-refractivity contribution in [1.29, 1.82) is 0 Å². The lowest BCUT2D eigenvalue weighted by Crippen LogP contribution is -2.25. The minimum atomic E-state index is -0.686. The number of ether oxygens (including phenoxy) is 3. The van der Waals surface area contributed by atoms with Crippen molar-refractivity contribution >= 4 is 17.6 Å². The van der Waals surface area contributed by atoms with Crippen molar-refractivity contribution in [2.45, 2.75) is 18.9 Å². The highest BCUT2D eigenvalue weighted by atomic mass is 35.5. The van der Waals surface area contributed by atoms with E-state index in [1.54, 1.807) is 32.2 Å². The second-order valence-corrected chi connectivity index (χ2v) is 3.66. The SMILES string of the molecule is COC(=O)C(C)Oc1cc(OC)ccc1CCl. The Morgan fingerprint density at radius 3 is 2.65 bits per heavy atom. The molecule has 0 saturated carbocycles. The van der Waals surface area contributed by atoms with Gasteiger partial charge in [-0.15, -0.1) is 11.6 Å². The number of alkyl halides is 1. The van der Waals surface area contributed by atoms with E-state index < -0.39 is 12.1 Å². The van der Waals surface area contributed by atoms with Crippen LogP contribution in [0.3, 0.4) is 0 Å². The van der Waals surface area contributed by atoms with Gasteiger partial charge >= 0.3 is 5.97 Å². The van der Waals surface area contributed by atoms with Gasteiger partial charge in [0.2, 0.25) is 0 Å². The molecule has 0 fully saturated rings. The average Bonchev–Trinajstić information content (AvgIpc) is 2.37. The first-order valence-electron chi connectivity index (χ1n) is 5.09. The summed E-state index contributed by atoms with van der Waals surface area (Å²) >= 11 is 5.79. The lowest BCUT2D eigenvalue weighted by Gasteiger charge is -2.15. The quantitative estimate of drug-likeness (QED) is 0.601. The van der Waals surface area contributed by atoms with Crippen molar-refractivity contribution in [2.75, 3.05) is 14.2 Å². The standard InChI is InChI=1S/C12H15ClO4/c1-8(12(14)16-3)17-11-6-10(15-2)5-4-9(11)7-13/h4-6,8H,7H2,1-3H3. The molecule has 0 heterocycles. The number of halogens is 1. The number of rotatable bonds is 5. The van der Waals surface area contributed by atoms with Gasteiger partial charge in [0.1, 0.15) is 11.5 Å². The zero-order chi connectivity index (χ0) is 12.8. The van der Waals surface area contributed by atoms with E-state index in [1.807, 2.05) is 0 Å². The molecule has 4 nitrogen and oxygen atoms in total. The number of methoxy groups -OCH3 is 2. The maximum absolute atomic E-state index is 11.3. The van der Waals surface area contributed by atoms with Crippen molar-refractivity contribution in [1.82, 2.24) is 0 Å². The molecule has 0 radical (unpaired) electrons. The van der Waals surface area contributed by atoms with Crippen LogP contribution in [0.2, 0.25) is 0 Å². The minimum Gasteiger partial charge on any atom is -0.497 e. The van der Waals surface area contributed by atoms with Crippen LogP contribution < -0.4 is 9.47 Å². The Balaban J connectivity index is 2.91. The summed E-state index contributed by atoms with van der Waals surface area (Å²) in [5.41, 5.74) is 0.795. The summed E-state index contributed by atoms with van der Waals surface area (Å²) in [7, 11) is 2.87. The fraction of sp³-hybridized carbons (Fsp3) is 0.417. The summed E-state index contributed by atoms with van der Waals surface area (Å²) < 4.78 is 15.2. The molecule has 0 aromatic heterocycles. The molecule has 1 unspecified atom stereocenters. The topological polar surface area (TPSA) is 44.8 Å². The van der Waals surface area contributed by atoms with E-state index >= 15 is 0 Å². The van der Waals surface area contributed by atoms with Crippen LogP contribution in [-0.2, 0) is 15.4 Å². The van der Waals surface area contributed by atoms with E-state index in [9.17, 15) is 4.79 Å². The van der Waals surface area contributed by atoms with Gasteiger partial charge in [-0.2, -0.15) is 0 Å². The Labute approximate surface area is 105 Å². The van der Waals surface area contributed by atoms with Crippen LogP contribution >= 0.6 is 11.6 Å². The second-order valence-electron chi connectivity index (χ2n) is 3.39. The second kappa shape index (κ2) is 6.35. The van der Waals surface area contributed by atoms with Crippen molar-refractivity contribution in [2.24, 2.45) is 0 Å². The third-order valence-electron chi connectivity index (χ3n) is 2.26. The van der Waals surface area contributed by atoms with Crippen LogP contribution in [0.1, 0.15) is 12.5 Å². The first kappa shape index (κ1) is 13.6. The van der Waals surface area contributed by atoms with Crippen LogP contribution in [0.4, 0.5) is 0 Å². The molecular weight excluding hydrogens is 244 g/mol. The highest BCUT2D eigenvalue weighted by Gasteiger charge is 2.16. The zero-order valence-electron chi connectivity index (χ0n) is 10.0. The molecule has 1 aromatic carbocycles. The molecule has 0 bridgehead atoms. The summed E-state index contributed by atoms with van der Waals surface area (Å²) in [6, 6.07) is 5.27. The average molecular weight is 259 g/mol. The summed E-state index contributed by atoms with van der Waals surface area (Å²) in [4.78, 5) is 11.3. The van der Waals surface area contributed by atoms with Gasteiger partial charge in [0.25, 0.3) is 0 Å². The van der Waals surface area contributed by atoms with Crippen LogP contribution in [0.25, 0.3) is 0 Å². The van der Waals surface area contributed by atoms with Crippen molar-refractivity contribution in [3.63, 3.8) is 0 Å². The lowest BCUT2D eigenvalue weighted by molar-refractivity contribution is -0.147. The number of hydrogen-bond donors (Lipinski definition) is 0. The first-order chi connectivity index (χ1) is 8.12. The number of carbonyl (C=O) groups excluding carboxylic acids is 1. The molecule has 0 aliphatic carbocycles. The lowest BCUT2D eigenvalue weighted by atomic mass is 10.2. The Morgan fingerprint density at radius 2 is 2.12 bits per heavy atom. The van der Waals surface area contributed by atoms with Crippen molar-refractivity contribution in [3.8, 4) is 11.5 Å². The highest BCUT2D eigenvalue weighted by Crippen LogP contribution is 2.27. The van der Waals surface area contributed by atoms with Crippen LogP contribution in [-0.4, -0.2) is 26.3 Å². The van der Waals surface area contributed by atoms with Crippen LogP contribution in [0.5, 0.6) is 11.5 Å². The highest BCUT2D eigenvalue weighted by molar-refractivity contribution is 6.17. The number of hydrogen-bond acceptors (Lipinski definition) is 4. The van der Waals surface area contributed by atoms with Gasteiger partial charge < -0.3 is 14.2 Å². The smallest absolute Gasteiger partial charge is 0.346 e. The summed E-state index contributed by atoms with van der Waals surface area (Å²) in [5.74, 6) is 1.03. The molecule has 1 rings (SSSR count). The van der Waals surface area contributed by atoms with Crippen molar-refractivity contribution < 1.29 is 19.0 Å². The normalized spacial score (nSPS) is 11.8. The predicted molar refractivity (Wildman–Crippen MR) is 64.7 cm³/mol. The maximum Gasteiger partial charge on any atom is 0.346 e. The van der Waals surface area contributed by atoms with E-state index in [-0.39, 0.29) is 0 Å². The molecule has 5 heteroatoms.